The largest absolute Gasteiger partial charge is 0.378 e. The summed E-state index contributed by atoms with van der Waals surface area (Å²) in [6, 6.07) is 0.117. The maximum atomic E-state index is 11.5. The number of hydrogen-bond acceptors (Lipinski definition) is 3. The molecule has 0 aromatic rings. The summed E-state index contributed by atoms with van der Waals surface area (Å²) in [7, 11) is 0. The molecule has 0 saturated heterocycles. The molecule has 0 aromatic heterocycles. The van der Waals surface area contributed by atoms with Crippen LogP contribution in [-0.4, -0.2) is 31.2 Å². The van der Waals surface area contributed by atoms with E-state index in [1.54, 1.807) is 0 Å². The Labute approximate surface area is 111 Å². The van der Waals surface area contributed by atoms with E-state index in [0.29, 0.717) is 19.6 Å². The Bertz CT molecular complexity index is 189. The van der Waals surface area contributed by atoms with Gasteiger partial charge in [0, 0.05) is 19.0 Å². The van der Waals surface area contributed by atoms with E-state index in [0.717, 1.165) is 19.3 Å². The second-order valence-electron chi connectivity index (χ2n) is 4.31. The van der Waals surface area contributed by atoms with Crippen molar-refractivity contribution in [3.63, 3.8) is 0 Å². The highest BCUT2D eigenvalue weighted by Crippen LogP contribution is 2.00. The first-order valence-electron chi connectivity index (χ1n) is 6.21. The van der Waals surface area contributed by atoms with Crippen molar-refractivity contribution in [3.8, 4) is 0 Å². The second kappa shape index (κ2) is 12.1. The van der Waals surface area contributed by atoms with Crippen LogP contribution in [0.1, 0.15) is 46.5 Å². The van der Waals surface area contributed by atoms with Crippen LogP contribution in [0.4, 0.5) is 0 Å². The molecule has 0 fully saturated rings. The number of carbonyl (C=O) groups is 1. The van der Waals surface area contributed by atoms with Crippen molar-refractivity contribution in [1.82, 2.24) is 5.32 Å². The Morgan fingerprint density at radius 3 is 2.53 bits per heavy atom. The Morgan fingerprint density at radius 1 is 1.41 bits per heavy atom. The first kappa shape index (κ1) is 19.0. The average molecular weight is 267 g/mol. The summed E-state index contributed by atoms with van der Waals surface area (Å²) in [5.41, 5.74) is 5.59. The summed E-state index contributed by atoms with van der Waals surface area (Å²) in [4.78, 5) is 11.5. The monoisotopic (exact) mass is 266 g/mol. The first-order chi connectivity index (χ1) is 7.60. The zero-order valence-electron chi connectivity index (χ0n) is 11.2. The van der Waals surface area contributed by atoms with Crippen LogP contribution in [0.5, 0.6) is 0 Å². The number of hydrogen-bond donors (Lipinski definition) is 2. The number of carbonyl (C=O) groups excluding carboxylic acids is 1. The molecule has 3 N–H and O–H groups in total. The van der Waals surface area contributed by atoms with Crippen LogP contribution in [0.2, 0.25) is 0 Å². The van der Waals surface area contributed by atoms with Gasteiger partial charge >= 0.3 is 0 Å². The van der Waals surface area contributed by atoms with Crippen molar-refractivity contribution in [1.29, 1.82) is 0 Å². The highest BCUT2D eigenvalue weighted by atomic mass is 35.5. The zero-order chi connectivity index (χ0) is 12.4. The SMILES string of the molecule is CCCCC(CN)NC(=O)CCOC(C)C.Cl. The van der Waals surface area contributed by atoms with Crippen LogP contribution in [0.3, 0.4) is 0 Å². The van der Waals surface area contributed by atoms with Gasteiger partial charge in [-0.05, 0) is 20.3 Å². The van der Waals surface area contributed by atoms with Gasteiger partial charge in [0.2, 0.25) is 5.91 Å². The minimum absolute atomic E-state index is 0. The van der Waals surface area contributed by atoms with E-state index in [1.807, 2.05) is 13.8 Å². The van der Waals surface area contributed by atoms with Crippen LogP contribution in [-0.2, 0) is 9.53 Å². The normalized spacial score (nSPS) is 12.1. The lowest BCUT2D eigenvalue weighted by molar-refractivity contribution is -0.123. The summed E-state index contributed by atoms with van der Waals surface area (Å²) in [5, 5.41) is 2.93. The quantitative estimate of drug-likeness (QED) is 0.670. The standard InChI is InChI=1S/C12H26N2O2.ClH/c1-4-5-6-11(9-13)14-12(15)7-8-16-10(2)3;/h10-11H,4-9,13H2,1-3H3,(H,14,15);1H. The van der Waals surface area contributed by atoms with Crippen molar-refractivity contribution in [2.45, 2.75) is 58.6 Å². The molecule has 0 aromatic carbocycles. The van der Waals surface area contributed by atoms with Crippen molar-refractivity contribution in [2.24, 2.45) is 5.73 Å². The first-order valence-corrected chi connectivity index (χ1v) is 6.21. The predicted octanol–water partition coefficient (Wildman–Crippen LogP) is 1.86. The lowest BCUT2D eigenvalue weighted by Crippen LogP contribution is -2.40. The Hall–Kier alpha value is -0.320. The van der Waals surface area contributed by atoms with Gasteiger partial charge in [-0.1, -0.05) is 19.8 Å². The van der Waals surface area contributed by atoms with Gasteiger partial charge < -0.3 is 15.8 Å². The zero-order valence-corrected chi connectivity index (χ0v) is 12.0. The lowest BCUT2D eigenvalue weighted by Gasteiger charge is -2.16. The third-order valence-corrected chi connectivity index (χ3v) is 2.34. The molecule has 0 aliphatic rings. The molecule has 1 unspecified atom stereocenters. The smallest absolute Gasteiger partial charge is 0.222 e. The van der Waals surface area contributed by atoms with Crippen molar-refractivity contribution < 1.29 is 9.53 Å². The lowest BCUT2D eigenvalue weighted by atomic mass is 10.1. The Kier molecular flexibility index (Phi) is 13.6. The average Bonchev–Trinajstić information content (AvgIpc) is 2.23. The highest BCUT2D eigenvalue weighted by molar-refractivity contribution is 5.85. The van der Waals surface area contributed by atoms with Crippen LogP contribution in [0.15, 0.2) is 0 Å². The van der Waals surface area contributed by atoms with E-state index in [4.69, 9.17) is 10.5 Å². The number of nitrogens with one attached hydrogen (secondary N) is 1. The second-order valence-corrected chi connectivity index (χ2v) is 4.31. The fourth-order valence-electron chi connectivity index (χ4n) is 1.39. The van der Waals surface area contributed by atoms with Crippen LogP contribution in [0, 0.1) is 0 Å². The molecular formula is C12H27ClN2O2. The molecular weight excluding hydrogens is 240 g/mol. The van der Waals surface area contributed by atoms with E-state index in [2.05, 4.69) is 12.2 Å². The van der Waals surface area contributed by atoms with Crippen LogP contribution >= 0.6 is 12.4 Å². The molecule has 0 rings (SSSR count). The molecule has 104 valence electrons. The van der Waals surface area contributed by atoms with Gasteiger partial charge in [-0.2, -0.15) is 0 Å². The number of amides is 1. The molecule has 0 saturated carbocycles. The summed E-state index contributed by atoms with van der Waals surface area (Å²) in [6.45, 7) is 7.04. The highest BCUT2D eigenvalue weighted by Gasteiger charge is 2.09. The molecule has 1 atom stereocenters. The molecule has 0 aliphatic carbocycles. The summed E-state index contributed by atoms with van der Waals surface area (Å²) in [6.07, 6.45) is 3.79. The van der Waals surface area contributed by atoms with Crippen molar-refractivity contribution in [2.75, 3.05) is 13.2 Å². The minimum Gasteiger partial charge on any atom is -0.378 e. The fourth-order valence-corrected chi connectivity index (χ4v) is 1.39. The third-order valence-electron chi connectivity index (χ3n) is 2.34. The van der Waals surface area contributed by atoms with Gasteiger partial charge in [0.1, 0.15) is 0 Å². The van der Waals surface area contributed by atoms with E-state index in [1.165, 1.54) is 0 Å². The van der Waals surface area contributed by atoms with Gasteiger partial charge in [-0.25, -0.2) is 0 Å². The Morgan fingerprint density at radius 2 is 2.06 bits per heavy atom. The summed E-state index contributed by atoms with van der Waals surface area (Å²) < 4.78 is 5.32. The maximum Gasteiger partial charge on any atom is 0.222 e. The molecule has 0 bridgehead atoms. The molecule has 1 amide bonds. The van der Waals surface area contributed by atoms with E-state index in [-0.39, 0.29) is 30.5 Å². The van der Waals surface area contributed by atoms with Gasteiger partial charge in [0.15, 0.2) is 0 Å². The molecule has 5 heteroatoms. The predicted molar refractivity (Wildman–Crippen MR) is 73.5 cm³/mol. The number of nitrogens with two attached hydrogens (primary N) is 1. The topological polar surface area (TPSA) is 64.3 Å². The number of halogens is 1. The van der Waals surface area contributed by atoms with Crippen LogP contribution in [0.25, 0.3) is 0 Å². The van der Waals surface area contributed by atoms with Crippen molar-refractivity contribution >= 4 is 18.3 Å². The van der Waals surface area contributed by atoms with Gasteiger partial charge in [0.05, 0.1) is 12.7 Å². The molecule has 0 spiro atoms. The molecule has 0 heterocycles. The van der Waals surface area contributed by atoms with E-state index < -0.39 is 0 Å². The van der Waals surface area contributed by atoms with Crippen LogP contribution < -0.4 is 11.1 Å². The van der Waals surface area contributed by atoms with E-state index in [9.17, 15) is 4.79 Å². The van der Waals surface area contributed by atoms with E-state index >= 15 is 0 Å². The minimum atomic E-state index is 0. The fraction of sp³-hybridized carbons (Fsp3) is 0.917. The summed E-state index contributed by atoms with van der Waals surface area (Å²) in [5.74, 6) is 0.0344. The number of ether oxygens (including phenoxy) is 1. The third kappa shape index (κ3) is 11.9. The molecule has 4 nitrogen and oxygen atoms in total. The molecule has 0 aliphatic heterocycles. The van der Waals surface area contributed by atoms with Gasteiger partial charge in [-0.15, -0.1) is 12.4 Å². The number of rotatable bonds is 9. The van der Waals surface area contributed by atoms with Gasteiger partial charge in [0.25, 0.3) is 0 Å². The molecule has 17 heavy (non-hydrogen) atoms. The maximum absolute atomic E-state index is 11.5. The van der Waals surface area contributed by atoms with Gasteiger partial charge in [-0.3, -0.25) is 4.79 Å². The summed E-state index contributed by atoms with van der Waals surface area (Å²) >= 11 is 0. The molecule has 0 radical (unpaired) electrons. The Balaban J connectivity index is 0. The number of unbranched alkanes of at least 4 members (excludes halogenated alkanes) is 1. The van der Waals surface area contributed by atoms with Crippen molar-refractivity contribution in [3.05, 3.63) is 0 Å².